The number of nitrogens with one attached hydrogen (secondary N) is 2. The van der Waals surface area contributed by atoms with Crippen molar-refractivity contribution in [2.24, 2.45) is 12.8 Å². The van der Waals surface area contributed by atoms with E-state index in [1.54, 1.807) is 10.9 Å². The van der Waals surface area contributed by atoms with E-state index in [0.717, 1.165) is 35.7 Å². The van der Waals surface area contributed by atoms with Crippen molar-refractivity contribution in [3.05, 3.63) is 54.0 Å². The van der Waals surface area contributed by atoms with E-state index in [0.29, 0.717) is 37.0 Å². The summed E-state index contributed by atoms with van der Waals surface area (Å²) in [4.78, 5) is 35.0. The van der Waals surface area contributed by atoms with Crippen LogP contribution < -0.4 is 21.3 Å². The SMILES string of the molecule is Cn1cc(CNC(=O)Nc2ccc(-c3nc(CSCC(N)=O)cc(N4CCOCC4)n3)cc2)cn1. The first-order valence-corrected chi connectivity index (χ1v) is 12.3. The van der Waals surface area contributed by atoms with Crippen molar-refractivity contribution in [2.75, 3.05) is 42.3 Å². The zero-order valence-corrected chi connectivity index (χ0v) is 20.3. The second-order valence-electron chi connectivity index (χ2n) is 8.01. The van der Waals surface area contributed by atoms with E-state index in [1.807, 2.05) is 43.6 Å². The molecule has 184 valence electrons. The van der Waals surface area contributed by atoms with Crippen LogP contribution >= 0.6 is 11.8 Å². The molecular formula is C23H28N8O3S. The summed E-state index contributed by atoms with van der Waals surface area (Å²) < 4.78 is 7.15. The van der Waals surface area contributed by atoms with Crippen molar-refractivity contribution in [2.45, 2.75) is 12.3 Å². The number of benzene rings is 1. The normalized spacial score (nSPS) is 13.5. The fourth-order valence-electron chi connectivity index (χ4n) is 3.52. The fraction of sp³-hybridized carbons (Fsp3) is 0.348. The van der Waals surface area contributed by atoms with Crippen molar-refractivity contribution in [3.8, 4) is 11.4 Å². The maximum atomic E-state index is 12.2. The first-order chi connectivity index (χ1) is 17.0. The van der Waals surface area contributed by atoms with Gasteiger partial charge in [0, 0.05) is 61.5 Å². The molecule has 12 heteroatoms. The topological polar surface area (TPSA) is 140 Å². The third-order valence-corrected chi connectivity index (χ3v) is 6.20. The number of amides is 3. The highest BCUT2D eigenvalue weighted by molar-refractivity contribution is 7.99. The molecule has 3 heterocycles. The number of aryl methyl sites for hydroxylation is 1. The van der Waals surface area contributed by atoms with Gasteiger partial charge in [0.2, 0.25) is 5.91 Å². The Kier molecular flexibility index (Phi) is 8.16. The molecule has 0 saturated carbocycles. The molecule has 1 saturated heterocycles. The van der Waals surface area contributed by atoms with Gasteiger partial charge in [0.25, 0.3) is 0 Å². The molecule has 1 fully saturated rings. The highest BCUT2D eigenvalue weighted by atomic mass is 32.2. The third kappa shape index (κ3) is 7.17. The second-order valence-corrected chi connectivity index (χ2v) is 8.99. The fourth-order valence-corrected chi connectivity index (χ4v) is 4.18. The third-order valence-electron chi connectivity index (χ3n) is 5.21. The summed E-state index contributed by atoms with van der Waals surface area (Å²) >= 11 is 1.42. The van der Waals surface area contributed by atoms with Gasteiger partial charge in [0.15, 0.2) is 5.82 Å². The van der Waals surface area contributed by atoms with E-state index >= 15 is 0 Å². The van der Waals surface area contributed by atoms with E-state index in [4.69, 9.17) is 20.4 Å². The monoisotopic (exact) mass is 496 g/mol. The van der Waals surface area contributed by atoms with Crippen LogP contribution in [-0.2, 0) is 28.9 Å². The Balaban J connectivity index is 1.45. The minimum Gasteiger partial charge on any atom is -0.378 e. The number of morpholine rings is 1. The molecular weight excluding hydrogens is 468 g/mol. The molecule has 0 spiro atoms. The number of primary amides is 1. The molecule has 0 unspecified atom stereocenters. The predicted molar refractivity (Wildman–Crippen MR) is 135 cm³/mol. The molecule has 4 rings (SSSR count). The van der Waals surface area contributed by atoms with Gasteiger partial charge in [-0.25, -0.2) is 14.8 Å². The Morgan fingerprint density at radius 2 is 1.94 bits per heavy atom. The maximum absolute atomic E-state index is 12.2. The van der Waals surface area contributed by atoms with Gasteiger partial charge in [-0.3, -0.25) is 9.48 Å². The van der Waals surface area contributed by atoms with Crippen molar-refractivity contribution in [3.63, 3.8) is 0 Å². The molecule has 1 aliphatic heterocycles. The van der Waals surface area contributed by atoms with Gasteiger partial charge in [-0.15, -0.1) is 11.8 Å². The molecule has 11 nitrogen and oxygen atoms in total. The summed E-state index contributed by atoms with van der Waals surface area (Å²) in [5.41, 5.74) is 8.48. The van der Waals surface area contributed by atoms with Gasteiger partial charge < -0.3 is 26.0 Å². The second kappa shape index (κ2) is 11.7. The van der Waals surface area contributed by atoms with Crippen LogP contribution in [0.25, 0.3) is 11.4 Å². The van der Waals surface area contributed by atoms with Crippen LogP contribution in [0.5, 0.6) is 0 Å². The summed E-state index contributed by atoms with van der Waals surface area (Å²) in [6, 6.07) is 9.01. The lowest BCUT2D eigenvalue weighted by Gasteiger charge is -2.28. The number of aromatic nitrogens is 4. The summed E-state index contributed by atoms with van der Waals surface area (Å²) in [5, 5.41) is 9.72. The van der Waals surface area contributed by atoms with Crippen molar-refractivity contribution < 1.29 is 14.3 Å². The predicted octanol–water partition coefficient (Wildman–Crippen LogP) is 1.75. The first kappa shape index (κ1) is 24.5. The van der Waals surface area contributed by atoms with E-state index in [-0.39, 0.29) is 17.7 Å². The molecule has 0 aliphatic carbocycles. The first-order valence-electron chi connectivity index (χ1n) is 11.2. The van der Waals surface area contributed by atoms with E-state index in [2.05, 4.69) is 20.6 Å². The van der Waals surface area contributed by atoms with Crippen LogP contribution in [0.1, 0.15) is 11.3 Å². The number of nitrogens with zero attached hydrogens (tertiary/aromatic N) is 5. The van der Waals surface area contributed by atoms with Crippen LogP contribution in [0.2, 0.25) is 0 Å². The molecule has 4 N–H and O–H groups in total. The quantitative estimate of drug-likeness (QED) is 0.407. The molecule has 1 aromatic carbocycles. The smallest absolute Gasteiger partial charge is 0.319 e. The van der Waals surface area contributed by atoms with Crippen LogP contribution in [-0.4, -0.2) is 63.7 Å². The number of rotatable bonds is 9. The number of anilines is 2. The molecule has 0 radical (unpaired) electrons. The Labute approximate surface area is 207 Å². The summed E-state index contributed by atoms with van der Waals surface area (Å²) in [5.74, 6) is 1.83. The number of urea groups is 1. The van der Waals surface area contributed by atoms with Crippen LogP contribution in [0.3, 0.4) is 0 Å². The Morgan fingerprint density at radius 3 is 2.63 bits per heavy atom. The van der Waals surface area contributed by atoms with Crippen LogP contribution in [0.15, 0.2) is 42.7 Å². The van der Waals surface area contributed by atoms with E-state index in [1.165, 1.54) is 11.8 Å². The van der Waals surface area contributed by atoms with Crippen molar-refractivity contribution >= 4 is 35.2 Å². The average Bonchev–Trinajstić information content (AvgIpc) is 3.28. The minimum atomic E-state index is -0.356. The van der Waals surface area contributed by atoms with Gasteiger partial charge in [0.1, 0.15) is 5.82 Å². The zero-order valence-electron chi connectivity index (χ0n) is 19.4. The largest absolute Gasteiger partial charge is 0.378 e. The van der Waals surface area contributed by atoms with Gasteiger partial charge in [-0.1, -0.05) is 0 Å². The Morgan fingerprint density at radius 1 is 1.17 bits per heavy atom. The molecule has 2 aromatic heterocycles. The Hall–Kier alpha value is -3.64. The van der Waals surface area contributed by atoms with E-state index in [9.17, 15) is 9.59 Å². The van der Waals surface area contributed by atoms with Crippen LogP contribution in [0, 0.1) is 0 Å². The molecule has 35 heavy (non-hydrogen) atoms. The van der Waals surface area contributed by atoms with Gasteiger partial charge >= 0.3 is 6.03 Å². The number of nitrogens with two attached hydrogens (primary N) is 1. The summed E-state index contributed by atoms with van der Waals surface area (Å²) in [6.07, 6.45) is 3.56. The molecule has 3 aromatic rings. The molecule has 0 bridgehead atoms. The lowest BCUT2D eigenvalue weighted by Crippen LogP contribution is -2.37. The standard InChI is InChI=1S/C23H28N8O3S/c1-30-13-16(12-26-30)11-25-23(33)28-18-4-2-17(3-5-18)22-27-19(14-35-15-20(24)32)10-21(29-22)31-6-8-34-9-7-31/h2-5,10,12-13H,6-9,11,14-15H2,1H3,(H2,24,32)(H2,25,28,33). The number of hydrogen-bond donors (Lipinski definition) is 3. The molecule has 1 aliphatic rings. The summed E-state index contributed by atoms with van der Waals surface area (Å²) in [6.45, 7) is 3.18. The number of carbonyl (C=O) groups is 2. The highest BCUT2D eigenvalue weighted by Crippen LogP contribution is 2.24. The van der Waals surface area contributed by atoms with Crippen molar-refractivity contribution in [1.29, 1.82) is 0 Å². The Bertz CT molecular complexity index is 1160. The van der Waals surface area contributed by atoms with Gasteiger partial charge in [-0.2, -0.15) is 5.10 Å². The lowest BCUT2D eigenvalue weighted by molar-refractivity contribution is -0.115. The number of carbonyl (C=O) groups excluding carboxylic acids is 2. The van der Waals surface area contributed by atoms with Gasteiger partial charge in [0.05, 0.1) is 30.9 Å². The number of ether oxygens (including phenoxy) is 1. The van der Waals surface area contributed by atoms with Gasteiger partial charge in [-0.05, 0) is 24.3 Å². The minimum absolute atomic E-state index is 0.232. The average molecular weight is 497 g/mol. The van der Waals surface area contributed by atoms with Crippen molar-refractivity contribution in [1.82, 2.24) is 25.1 Å². The lowest BCUT2D eigenvalue weighted by atomic mass is 10.2. The maximum Gasteiger partial charge on any atom is 0.319 e. The number of thioether (sulfide) groups is 1. The number of hydrogen-bond acceptors (Lipinski definition) is 8. The zero-order chi connectivity index (χ0) is 24.6. The summed E-state index contributed by atoms with van der Waals surface area (Å²) in [7, 11) is 1.83. The highest BCUT2D eigenvalue weighted by Gasteiger charge is 2.16. The van der Waals surface area contributed by atoms with Crippen LogP contribution in [0.4, 0.5) is 16.3 Å². The molecule has 0 atom stereocenters. The molecule has 3 amide bonds. The van der Waals surface area contributed by atoms with E-state index < -0.39 is 0 Å².